The molecule has 1 N–H and O–H groups in total. The number of hydrogen-bond donors (Lipinski definition) is 1. The zero-order valence-corrected chi connectivity index (χ0v) is 14.1. The summed E-state index contributed by atoms with van der Waals surface area (Å²) >= 11 is 0. The summed E-state index contributed by atoms with van der Waals surface area (Å²) in [6, 6.07) is 10.00. The van der Waals surface area contributed by atoms with Crippen LogP contribution in [0.15, 0.2) is 36.4 Å². The number of rotatable bonds is 5. The van der Waals surface area contributed by atoms with Crippen LogP contribution in [0.5, 0.6) is 5.75 Å². The lowest BCUT2D eigenvalue weighted by molar-refractivity contribution is -0.384. The fourth-order valence-corrected chi connectivity index (χ4v) is 2.19. The van der Waals surface area contributed by atoms with Gasteiger partial charge in [-0.1, -0.05) is 18.2 Å². The number of carbonyl (C=O) groups excluding carboxylic acids is 1. The van der Waals surface area contributed by atoms with E-state index in [1.165, 1.54) is 12.1 Å². The number of anilines is 1. The Morgan fingerprint density at radius 1 is 1.17 bits per heavy atom. The third kappa shape index (κ3) is 3.90. The van der Waals surface area contributed by atoms with E-state index < -0.39 is 11.0 Å². The molecule has 1 atom stereocenters. The second kappa shape index (κ2) is 7.12. The van der Waals surface area contributed by atoms with E-state index in [1.807, 2.05) is 32.0 Å². The van der Waals surface area contributed by atoms with Crippen LogP contribution < -0.4 is 10.1 Å². The minimum Gasteiger partial charge on any atom is -0.481 e. The number of nitrogens with zero attached hydrogens (tertiary/aromatic N) is 1. The summed E-state index contributed by atoms with van der Waals surface area (Å²) in [7, 11) is 0. The number of benzene rings is 2. The number of aryl methyl sites for hydroxylation is 2. The molecule has 0 heterocycles. The van der Waals surface area contributed by atoms with Crippen LogP contribution in [0.4, 0.5) is 11.4 Å². The monoisotopic (exact) mass is 328 g/mol. The zero-order valence-electron chi connectivity index (χ0n) is 14.1. The Bertz CT molecular complexity index is 787. The van der Waals surface area contributed by atoms with E-state index in [0.717, 1.165) is 16.7 Å². The molecule has 0 radical (unpaired) electrons. The maximum absolute atomic E-state index is 12.3. The SMILES string of the molecule is Cc1ccc([N+](=O)[O-])cc1NC(=O)C(C)Oc1cccc(C)c1C. The van der Waals surface area contributed by atoms with E-state index in [9.17, 15) is 14.9 Å². The molecule has 2 aromatic rings. The van der Waals surface area contributed by atoms with Gasteiger partial charge in [0.15, 0.2) is 6.10 Å². The molecule has 6 heteroatoms. The summed E-state index contributed by atoms with van der Waals surface area (Å²) in [5, 5.41) is 13.6. The predicted octanol–water partition coefficient (Wildman–Crippen LogP) is 3.93. The summed E-state index contributed by atoms with van der Waals surface area (Å²) in [5.41, 5.74) is 3.14. The Morgan fingerprint density at radius 3 is 2.54 bits per heavy atom. The molecule has 2 rings (SSSR count). The topological polar surface area (TPSA) is 81.5 Å². The lowest BCUT2D eigenvalue weighted by Gasteiger charge is -2.17. The van der Waals surface area contributed by atoms with Gasteiger partial charge in [0.1, 0.15) is 5.75 Å². The van der Waals surface area contributed by atoms with Crippen molar-refractivity contribution in [1.82, 2.24) is 0 Å². The first-order valence-corrected chi connectivity index (χ1v) is 7.58. The van der Waals surface area contributed by atoms with Gasteiger partial charge in [0.05, 0.1) is 10.6 Å². The number of carbonyl (C=O) groups is 1. The third-order valence-corrected chi connectivity index (χ3v) is 3.92. The van der Waals surface area contributed by atoms with Crippen LogP contribution in [-0.4, -0.2) is 16.9 Å². The summed E-state index contributed by atoms with van der Waals surface area (Å²) in [5.74, 6) is 0.285. The molecular formula is C18H20N2O4. The highest BCUT2D eigenvalue weighted by Crippen LogP contribution is 2.24. The molecule has 1 unspecified atom stereocenters. The Morgan fingerprint density at radius 2 is 1.88 bits per heavy atom. The Balaban J connectivity index is 2.13. The van der Waals surface area contributed by atoms with Crippen molar-refractivity contribution in [1.29, 1.82) is 0 Å². The minimum absolute atomic E-state index is 0.0704. The molecule has 0 bridgehead atoms. The molecule has 0 fully saturated rings. The number of nitro groups is 1. The smallest absolute Gasteiger partial charge is 0.271 e. The molecule has 0 saturated carbocycles. The van der Waals surface area contributed by atoms with Crippen molar-refractivity contribution >= 4 is 17.3 Å². The molecule has 0 aliphatic heterocycles. The van der Waals surface area contributed by atoms with E-state index in [4.69, 9.17) is 4.74 Å². The second-order valence-corrected chi connectivity index (χ2v) is 5.70. The molecule has 0 aromatic heterocycles. The van der Waals surface area contributed by atoms with Gasteiger partial charge in [0, 0.05) is 12.1 Å². The van der Waals surface area contributed by atoms with Crippen molar-refractivity contribution in [3.63, 3.8) is 0 Å². The van der Waals surface area contributed by atoms with Crippen LogP contribution in [-0.2, 0) is 4.79 Å². The zero-order chi connectivity index (χ0) is 17.9. The number of amides is 1. The van der Waals surface area contributed by atoms with Gasteiger partial charge in [0.25, 0.3) is 11.6 Å². The molecule has 0 aliphatic rings. The fourth-order valence-electron chi connectivity index (χ4n) is 2.19. The van der Waals surface area contributed by atoms with Crippen LogP contribution in [0, 0.1) is 30.9 Å². The first-order chi connectivity index (χ1) is 11.3. The van der Waals surface area contributed by atoms with Gasteiger partial charge in [-0.05, 0) is 50.5 Å². The van der Waals surface area contributed by atoms with Crippen molar-refractivity contribution < 1.29 is 14.5 Å². The molecule has 24 heavy (non-hydrogen) atoms. The average Bonchev–Trinajstić information content (AvgIpc) is 2.53. The summed E-state index contributed by atoms with van der Waals surface area (Å²) in [6.45, 7) is 7.32. The van der Waals surface area contributed by atoms with Crippen LogP contribution in [0.3, 0.4) is 0 Å². The maximum atomic E-state index is 12.3. The summed E-state index contributed by atoms with van der Waals surface area (Å²) in [6.07, 6.45) is -0.732. The van der Waals surface area contributed by atoms with Crippen LogP contribution in [0.2, 0.25) is 0 Å². The molecule has 0 aliphatic carbocycles. The predicted molar refractivity (Wildman–Crippen MR) is 92.5 cm³/mol. The van der Waals surface area contributed by atoms with E-state index in [2.05, 4.69) is 5.32 Å². The molecule has 2 aromatic carbocycles. The molecular weight excluding hydrogens is 308 g/mol. The Labute approximate surface area is 140 Å². The first kappa shape index (κ1) is 17.5. The summed E-state index contributed by atoms with van der Waals surface area (Å²) in [4.78, 5) is 22.7. The second-order valence-electron chi connectivity index (χ2n) is 5.70. The average molecular weight is 328 g/mol. The van der Waals surface area contributed by atoms with Crippen LogP contribution >= 0.6 is 0 Å². The van der Waals surface area contributed by atoms with Crippen molar-refractivity contribution in [2.24, 2.45) is 0 Å². The molecule has 0 spiro atoms. The Kier molecular flexibility index (Phi) is 5.18. The highest BCUT2D eigenvalue weighted by Gasteiger charge is 2.18. The lowest BCUT2D eigenvalue weighted by Crippen LogP contribution is -2.30. The van der Waals surface area contributed by atoms with Gasteiger partial charge in [-0.15, -0.1) is 0 Å². The van der Waals surface area contributed by atoms with Crippen molar-refractivity contribution in [3.8, 4) is 5.75 Å². The lowest BCUT2D eigenvalue weighted by atomic mass is 10.1. The molecule has 6 nitrogen and oxygen atoms in total. The number of hydrogen-bond acceptors (Lipinski definition) is 4. The van der Waals surface area contributed by atoms with Gasteiger partial charge < -0.3 is 10.1 Å². The molecule has 126 valence electrons. The van der Waals surface area contributed by atoms with Gasteiger partial charge in [-0.2, -0.15) is 0 Å². The first-order valence-electron chi connectivity index (χ1n) is 7.58. The number of nitro benzene ring substituents is 1. The number of ether oxygens (including phenoxy) is 1. The van der Waals surface area contributed by atoms with Gasteiger partial charge >= 0.3 is 0 Å². The fraction of sp³-hybridized carbons (Fsp3) is 0.278. The van der Waals surface area contributed by atoms with Crippen molar-refractivity contribution in [2.75, 3.05) is 5.32 Å². The number of nitrogens with one attached hydrogen (secondary N) is 1. The van der Waals surface area contributed by atoms with E-state index >= 15 is 0 Å². The normalized spacial score (nSPS) is 11.7. The third-order valence-electron chi connectivity index (χ3n) is 3.92. The van der Waals surface area contributed by atoms with Crippen LogP contribution in [0.25, 0.3) is 0 Å². The standard InChI is InChI=1S/C18H20N2O4/c1-11-6-5-7-17(13(11)3)24-14(4)18(21)19-16-10-15(20(22)23)9-8-12(16)2/h5-10,14H,1-4H3,(H,19,21). The van der Waals surface area contributed by atoms with E-state index in [0.29, 0.717) is 11.4 Å². The van der Waals surface area contributed by atoms with Crippen LogP contribution in [0.1, 0.15) is 23.6 Å². The van der Waals surface area contributed by atoms with Crippen molar-refractivity contribution in [2.45, 2.75) is 33.8 Å². The van der Waals surface area contributed by atoms with Gasteiger partial charge in [-0.3, -0.25) is 14.9 Å². The maximum Gasteiger partial charge on any atom is 0.271 e. The highest BCUT2D eigenvalue weighted by atomic mass is 16.6. The molecule has 1 amide bonds. The largest absolute Gasteiger partial charge is 0.481 e. The van der Waals surface area contributed by atoms with Gasteiger partial charge in [-0.25, -0.2) is 0 Å². The highest BCUT2D eigenvalue weighted by molar-refractivity contribution is 5.95. The minimum atomic E-state index is -0.732. The molecule has 0 saturated heterocycles. The summed E-state index contributed by atoms with van der Waals surface area (Å²) < 4.78 is 5.73. The van der Waals surface area contributed by atoms with Gasteiger partial charge in [0.2, 0.25) is 0 Å². The number of non-ortho nitro benzene ring substituents is 1. The Hall–Kier alpha value is -2.89. The van der Waals surface area contributed by atoms with Crippen molar-refractivity contribution in [3.05, 3.63) is 63.2 Å². The quantitative estimate of drug-likeness (QED) is 0.666. The van der Waals surface area contributed by atoms with E-state index in [-0.39, 0.29) is 11.6 Å². The van der Waals surface area contributed by atoms with E-state index in [1.54, 1.807) is 19.9 Å².